The molecule has 1 unspecified atom stereocenters. The van der Waals surface area contributed by atoms with Crippen molar-refractivity contribution in [3.8, 4) is 0 Å². The van der Waals surface area contributed by atoms with Gasteiger partial charge in [-0.05, 0) is 24.1 Å². The lowest BCUT2D eigenvalue weighted by Crippen LogP contribution is -2.09. The quantitative estimate of drug-likeness (QED) is 0.753. The second kappa shape index (κ2) is 4.08. The van der Waals surface area contributed by atoms with Crippen molar-refractivity contribution >= 4 is 23.2 Å². The Morgan fingerprint density at radius 2 is 2.25 bits per heavy atom. The second-order valence-corrected chi connectivity index (χ2v) is 3.46. The van der Waals surface area contributed by atoms with E-state index in [9.17, 15) is 0 Å². The van der Waals surface area contributed by atoms with Gasteiger partial charge in [-0.1, -0.05) is 30.1 Å². The molecule has 0 aliphatic carbocycles. The smallest absolute Gasteiger partial charge is 0.130 e. The molecule has 0 saturated heterocycles. The first-order valence-corrected chi connectivity index (χ1v) is 4.41. The number of nitrogens with two attached hydrogens (primary N) is 1. The highest BCUT2D eigenvalue weighted by atomic mass is 35.5. The number of hydrogen-bond donors (Lipinski definition) is 1. The van der Waals surface area contributed by atoms with Crippen LogP contribution in [0.25, 0.3) is 0 Å². The molecule has 66 valence electrons. The van der Waals surface area contributed by atoms with Crippen molar-refractivity contribution in [3.63, 3.8) is 0 Å². The molecule has 0 amide bonds. The summed E-state index contributed by atoms with van der Waals surface area (Å²) in [7, 11) is 0. The van der Waals surface area contributed by atoms with E-state index in [0.29, 0.717) is 16.7 Å². The van der Waals surface area contributed by atoms with Crippen LogP contribution in [-0.4, -0.2) is 11.5 Å². The molecule has 0 bridgehead atoms. The monoisotopic (exact) mass is 204 g/mol. The molecule has 1 rings (SSSR count). The summed E-state index contributed by atoms with van der Waals surface area (Å²) in [6, 6.07) is 1.63. The van der Waals surface area contributed by atoms with E-state index in [4.69, 9.17) is 28.9 Å². The lowest BCUT2D eigenvalue weighted by atomic mass is 10.0. The van der Waals surface area contributed by atoms with Gasteiger partial charge in [0.15, 0.2) is 0 Å². The average molecular weight is 205 g/mol. The van der Waals surface area contributed by atoms with Gasteiger partial charge in [0.2, 0.25) is 0 Å². The number of hydrogen-bond acceptors (Lipinski definition) is 2. The van der Waals surface area contributed by atoms with Gasteiger partial charge >= 0.3 is 0 Å². The third-order valence-corrected chi connectivity index (χ3v) is 2.27. The Balaban J connectivity index is 3.01. The van der Waals surface area contributed by atoms with Gasteiger partial charge in [-0.25, -0.2) is 4.98 Å². The van der Waals surface area contributed by atoms with E-state index in [-0.39, 0.29) is 5.92 Å². The van der Waals surface area contributed by atoms with Crippen molar-refractivity contribution in [1.29, 1.82) is 0 Å². The Hall–Kier alpha value is -0.310. The van der Waals surface area contributed by atoms with E-state index in [1.165, 1.54) is 0 Å². The minimum Gasteiger partial charge on any atom is -0.330 e. The van der Waals surface area contributed by atoms with Gasteiger partial charge in [-0.3, -0.25) is 0 Å². The third-order valence-electron chi connectivity index (χ3n) is 1.73. The van der Waals surface area contributed by atoms with Crippen LogP contribution in [-0.2, 0) is 0 Å². The Morgan fingerprint density at radius 3 is 2.75 bits per heavy atom. The van der Waals surface area contributed by atoms with Crippen molar-refractivity contribution in [2.24, 2.45) is 5.73 Å². The molecule has 0 saturated carbocycles. The number of pyridine rings is 1. The zero-order valence-corrected chi connectivity index (χ0v) is 8.23. The molecule has 1 aromatic heterocycles. The summed E-state index contributed by atoms with van der Waals surface area (Å²) >= 11 is 11.6. The van der Waals surface area contributed by atoms with Crippen LogP contribution in [0.3, 0.4) is 0 Å². The third kappa shape index (κ3) is 2.09. The van der Waals surface area contributed by atoms with E-state index in [1.807, 2.05) is 6.92 Å². The number of halogens is 2. The Morgan fingerprint density at radius 1 is 1.58 bits per heavy atom. The Labute approximate surface area is 81.7 Å². The molecule has 0 radical (unpaired) electrons. The first kappa shape index (κ1) is 9.78. The van der Waals surface area contributed by atoms with Crippen molar-refractivity contribution in [2.75, 3.05) is 6.54 Å². The van der Waals surface area contributed by atoms with Crippen LogP contribution in [0.4, 0.5) is 0 Å². The zero-order chi connectivity index (χ0) is 9.14. The molecule has 0 spiro atoms. The van der Waals surface area contributed by atoms with E-state index in [1.54, 1.807) is 12.3 Å². The van der Waals surface area contributed by atoms with Crippen molar-refractivity contribution in [3.05, 3.63) is 28.0 Å². The van der Waals surface area contributed by atoms with Crippen molar-refractivity contribution in [1.82, 2.24) is 4.98 Å². The molecule has 0 fully saturated rings. The van der Waals surface area contributed by atoms with Gasteiger partial charge in [-0.15, -0.1) is 0 Å². The fourth-order valence-corrected chi connectivity index (χ4v) is 1.46. The summed E-state index contributed by atoms with van der Waals surface area (Å²) in [6.45, 7) is 2.56. The Bertz CT molecular complexity index is 276. The lowest BCUT2D eigenvalue weighted by Gasteiger charge is -2.09. The SMILES string of the molecule is CC(CN)c1cnc(Cl)cc1Cl. The van der Waals surface area contributed by atoms with Gasteiger partial charge in [-0.2, -0.15) is 0 Å². The summed E-state index contributed by atoms with van der Waals surface area (Å²) in [4.78, 5) is 3.93. The normalized spacial score (nSPS) is 13.0. The number of rotatable bonds is 2. The molecule has 0 aliphatic rings. The summed E-state index contributed by atoms with van der Waals surface area (Å²) in [5.74, 6) is 0.224. The van der Waals surface area contributed by atoms with E-state index >= 15 is 0 Å². The maximum absolute atomic E-state index is 5.92. The first-order valence-electron chi connectivity index (χ1n) is 3.66. The lowest BCUT2D eigenvalue weighted by molar-refractivity contribution is 0.769. The van der Waals surface area contributed by atoms with E-state index in [2.05, 4.69) is 4.98 Å². The van der Waals surface area contributed by atoms with Crippen LogP contribution in [0.15, 0.2) is 12.3 Å². The minimum absolute atomic E-state index is 0.224. The highest BCUT2D eigenvalue weighted by Gasteiger charge is 2.08. The summed E-state index contributed by atoms with van der Waals surface area (Å²) < 4.78 is 0. The summed E-state index contributed by atoms with van der Waals surface area (Å²) in [6.07, 6.45) is 1.67. The fraction of sp³-hybridized carbons (Fsp3) is 0.375. The van der Waals surface area contributed by atoms with Crippen LogP contribution >= 0.6 is 23.2 Å². The van der Waals surface area contributed by atoms with Gasteiger partial charge in [0.1, 0.15) is 5.15 Å². The number of aromatic nitrogens is 1. The fourth-order valence-electron chi connectivity index (χ4n) is 0.908. The van der Waals surface area contributed by atoms with Gasteiger partial charge in [0, 0.05) is 11.2 Å². The van der Waals surface area contributed by atoms with Gasteiger partial charge < -0.3 is 5.73 Å². The number of nitrogens with zero attached hydrogens (tertiary/aromatic N) is 1. The maximum atomic E-state index is 5.92. The molecular weight excluding hydrogens is 195 g/mol. The molecule has 1 aromatic rings. The summed E-state index contributed by atoms with van der Waals surface area (Å²) in [5, 5.41) is 1.04. The molecule has 0 aliphatic heterocycles. The van der Waals surface area contributed by atoms with Gasteiger partial charge in [0.25, 0.3) is 0 Å². The molecule has 0 aromatic carbocycles. The zero-order valence-electron chi connectivity index (χ0n) is 6.72. The van der Waals surface area contributed by atoms with Crippen LogP contribution in [0.2, 0.25) is 10.2 Å². The molecule has 1 atom stereocenters. The highest BCUT2D eigenvalue weighted by molar-refractivity contribution is 6.34. The van der Waals surface area contributed by atoms with E-state index < -0.39 is 0 Å². The van der Waals surface area contributed by atoms with Crippen LogP contribution < -0.4 is 5.73 Å². The molecule has 1 heterocycles. The molecule has 2 nitrogen and oxygen atoms in total. The topological polar surface area (TPSA) is 38.9 Å². The predicted molar refractivity (Wildman–Crippen MR) is 51.7 cm³/mol. The van der Waals surface area contributed by atoms with Crippen molar-refractivity contribution < 1.29 is 0 Å². The largest absolute Gasteiger partial charge is 0.330 e. The highest BCUT2D eigenvalue weighted by Crippen LogP contribution is 2.24. The van der Waals surface area contributed by atoms with E-state index in [0.717, 1.165) is 5.56 Å². The molecule has 4 heteroatoms. The standard InChI is InChI=1S/C8H10Cl2N2/c1-5(3-11)6-4-12-8(10)2-7(6)9/h2,4-5H,3,11H2,1H3. The molecule has 12 heavy (non-hydrogen) atoms. The maximum Gasteiger partial charge on any atom is 0.130 e. The van der Waals surface area contributed by atoms with Crippen LogP contribution in [0, 0.1) is 0 Å². The summed E-state index contributed by atoms with van der Waals surface area (Å²) in [5.41, 5.74) is 6.44. The van der Waals surface area contributed by atoms with Gasteiger partial charge in [0.05, 0.1) is 0 Å². The Kier molecular flexibility index (Phi) is 3.32. The van der Waals surface area contributed by atoms with Crippen LogP contribution in [0.1, 0.15) is 18.4 Å². The second-order valence-electron chi connectivity index (χ2n) is 2.67. The van der Waals surface area contributed by atoms with Crippen LogP contribution in [0.5, 0.6) is 0 Å². The predicted octanol–water partition coefficient (Wildman–Crippen LogP) is 2.45. The minimum atomic E-state index is 0.224. The first-order chi connectivity index (χ1) is 5.65. The van der Waals surface area contributed by atoms with Crippen molar-refractivity contribution in [2.45, 2.75) is 12.8 Å². The molecule has 2 N–H and O–H groups in total. The molecular formula is C8H10Cl2N2. The average Bonchev–Trinajstić information content (AvgIpc) is 2.03.